The van der Waals surface area contributed by atoms with E-state index in [2.05, 4.69) is 4.98 Å². The van der Waals surface area contributed by atoms with Crippen molar-refractivity contribution < 1.29 is 28.8 Å². The first-order valence-corrected chi connectivity index (χ1v) is 7.81. The molecule has 10 nitrogen and oxygen atoms in total. The topological polar surface area (TPSA) is 129 Å². The van der Waals surface area contributed by atoms with Crippen LogP contribution in [0.15, 0.2) is 15.8 Å². The van der Waals surface area contributed by atoms with E-state index < -0.39 is 47.5 Å². The van der Waals surface area contributed by atoms with Gasteiger partial charge in [-0.1, -0.05) is 0 Å². The van der Waals surface area contributed by atoms with E-state index in [-0.39, 0.29) is 18.8 Å². The predicted octanol–water partition coefficient (Wildman–Crippen LogP) is -0.990. The molecular weight excluding hydrogens is 336 g/mol. The lowest BCUT2D eigenvalue weighted by atomic mass is 10.1. The Labute approximate surface area is 142 Å². The third kappa shape index (κ3) is 3.38. The van der Waals surface area contributed by atoms with Crippen molar-refractivity contribution in [2.45, 2.75) is 57.7 Å². The lowest BCUT2D eigenvalue weighted by molar-refractivity contribution is -0.200. The van der Waals surface area contributed by atoms with E-state index in [1.54, 1.807) is 13.8 Å². The van der Waals surface area contributed by atoms with Gasteiger partial charge in [-0.15, -0.1) is 0 Å². The summed E-state index contributed by atoms with van der Waals surface area (Å²) < 4.78 is 23.2. The third-order valence-corrected chi connectivity index (χ3v) is 4.05. The molecule has 0 saturated carbocycles. The summed E-state index contributed by atoms with van der Waals surface area (Å²) in [5, 5.41) is 9.50. The molecule has 0 radical (unpaired) electrons. The van der Waals surface area contributed by atoms with Crippen LogP contribution in [0.3, 0.4) is 0 Å². The van der Waals surface area contributed by atoms with Crippen molar-refractivity contribution >= 4 is 5.97 Å². The first-order valence-electron chi connectivity index (χ1n) is 7.81. The minimum absolute atomic E-state index is 0.0839. The van der Waals surface area contributed by atoms with Gasteiger partial charge >= 0.3 is 11.7 Å². The number of hydrogen-bond acceptors (Lipinski definition) is 8. The van der Waals surface area contributed by atoms with Crippen LogP contribution in [0.4, 0.5) is 0 Å². The molecule has 0 bridgehead atoms. The lowest BCUT2D eigenvalue weighted by Gasteiger charge is -2.24. The normalized spacial score (nSPS) is 30.2. The number of H-pyrrole nitrogens is 1. The molecule has 3 rings (SSSR count). The number of nitrogens with one attached hydrogen (secondary N) is 1. The predicted molar refractivity (Wildman–Crippen MR) is 81.6 cm³/mol. The first-order chi connectivity index (χ1) is 11.7. The summed E-state index contributed by atoms with van der Waals surface area (Å²) in [7, 11) is 0. The molecule has 4 atom stereocenters. The van der Waals surface area contributed by atoms with E-state index in [0.717, 1.165) is 4.57 Å². The monoisotopic (exact) mass is 356 g/mol. The number of aliphatic hydroxyl groups is 1. The van der Waals surface area contributed by atoms with Crippen LogP contribution in [0.5, 0.6) is 0 Å². The fourth-order valence-electron chi connectivity index (χ4n) is 3.03. The maximum Gasteiger partial charge on any atom is 0.330 e. The first kappa shape index (κ1) is 17.8. The molecule has 0 aliphatic carbocycles. The molecule has 1 aromatic rings. The highest BCUT2D eigenvalue weighted by molar-refractivity contribution is 5.65. The van der Waals surface area contributed by atoms with Gasteiger partial charge in [-0.25, -0.2) is 4.79 Å². The SMILES string of the molecule is CC(=O)OCc1cn([C@@H]2O[C@H](CO)C3OC(C)(C)OC32)c(=O)[nH]c1=O. The summed E-state index contributed by atoms with van der Waals surface area (Å²) in [5.41, 5.74) is -1.27. The number of nitrogens with zero attached hydrogens (tertiary/aromatic N) is 1. The molecule has 138 valence electrons. The van der Waals surface area contributed by atoms with Crippen molar-refractivity contribution in [1.82, 2.24) is 9.55 Å². The molecule has 25 heavy (non-hydrogen) atoms. The highest BCUT2D eigenvalue weighted by Gasteiger charge is 2.55. The van der Waals surface area contributed by atoms with Gasteiger partial charge in [0.15, 0.2) is 12.0 Å². The fourth-order valence-corrected chi connectivity index (χ4v) is 3.03. The molecule has 0 amide bonds. The van der Waals surface area contributed by atoms with Crippen molar-refractivity contribution in [2.24, 2.45) is 0 Å². The van der Waals surface area contributed by atoms with Gasteiger partial charge in [-0.3, -0.25) is 19.1 Å². The van der Waals surface area contributed by atoms with Gasteiger partial charge in [0, 0.05) is 13.1 Å². The van der Waals surface area contributed by atoms with Crippen LogP contribution in [0.25, 0.3) is 0 Å². The Balaban J connectivity index is 1.95. The Bertz CT molecular complexity index is 782. The Hall–Kier alpha value is -2.01. The van der Waals surface area contributed by atoms with Gasteiger partial charge in [-0.05, 0) is 13.8 Å². The van der Waals surface area contributed by atoms with Crippen molar-refractivity contribution in [3.8, 4) is 0 Å². The van der Waals surface area contributed by atoms with Crippen molar-refractivity contribution in [2.75, 3.05) is 6.61 Å². The molecule has 3 heterocycles. The lowest BCUT2D eigenvalue weighted by Crippen LogP contribution is -2.38. The average molecular weight is 356 g/mol. The third-order valence-electron chi connectivity index (χ3n) is 4.05. The fraction of sp³-hybridized carbons (Fsp3) is 0.667. The molecule has 1 aromatic heterocycles. The molecule has 2 fully saturated rings. The van der Waals surface area contributed by atoms with E-state index in [9.17, 15) is 19.5 Å². The minimum Gasteiger partial charge on any atom is -0.461 e. The second kappa shape index (κ2) is 6.37. The number of ether oxygens (including phenoxy) is 4. The molecule has 2 aliphatic heterocycles. The van der Waals surface area contributed by atoms with E-state index in [0.29, 0.717) is 0 Å². The zero-order chi connectivity index (χ0) is 18.4. The zero-order valence-electron chi connectivity index (χ0n) is 14.1. The van der Waals surface area contributed by atoms with Crippen LogP contribution in [0.2, 0.25) is 0 Å². The smallest absolute Gasteiger partial charge is 0.330 e. The molecule has 0 spiro atoms. The van der Waals surface area contributed by atoms with E-state index in [4.69, 9.17) is 18.9 Å². The Morgan fingerprint density at radius 3 is 2.68 bits per heavy atom. The molecule has 0 aromatic carbocycles. The highest BCUT2D eigenvalue weighted by Crippen LogP contribution is 2.42. The number of aromatic amines is 1. The van der Waals surface area contributed by atoms with Crippen LogP contribution < -0.4 is 11.2 Å². The second-order valence-electron chi connectivity index (χ2n) is 6.41. The van der Waals surface area contributed by atoms with E-state index in [1.807, 2.05) is 0 Å². The summed E-state index contributed by atoms with van der Waals surface area (Å²) in [6, 6.07) is 0. The minimum atomic E-state index is -0.899. The number of esters is 1. The zero-order valence-corrected chi connectivity index (χ0v) is 14.1. The number of fused-ring (bicyclic) bond motifs is 1. The maximum absolute atomic E-state index is 12.2. The van der Waals surface area contributed by atoms with Crippen molar-refractivity contribution in [1.29, 1.82) is 0 Å². The summed E-state index contributed by atoms with van der Waals surface area (Å²) in [4.78, 5) is 37.2. The highest BCUT2D eigenvalue weighted by atomic mass is 16.8. The number of rotatable bonds is 4. The van der Waals surface area contributed by atoms with Crippen LogP contribution in [0.1, 0.15) is 32.6 Å². The molecule has 2 N–H and O–H groups in total. The van der Waals surface area contributed by atoms with E-state index >= 15 is 0 Å². The van der Waals surface area contributed by atoms with Crippen LogP contribution in [-0.2, 0) is 30.3 Å². The quantitative estimate of drug-likeness (QED) is 0.658. The molecule has 2 unspecified atom stereocenters. The molecule has 2 saturated heterocycles. The number of hydrogen-bond donors (Lipinski definition) is 2. The summed E-state index contributed by atoms with van der Waals surface area (Å²) in [6.07, 6.45) is -1.50. The van der Waals surface area contributed by atoms with E-state index in [1.165, 1.54) is 13.1 Å². The van der Waals surface area contributed by atoms with Crippen molar-refractivity contribution in [3.05, 3.63) is 32.6 Å². The van der Waals surface area contributed by atoms with Gasteiger partial charge in [0.2, 0.25) is 0 Å². The van der Waals surface area contributed by atoms with Gasteiger partial charge in [-0.2, -0.15) is 0 Å². The molecule has 2 aliphatic rings. The number of aliphatic hydroxyl groups excluding tert-OH is 1. The standard InChI is InChI=1S/C15H20N2O8/c1-7(19)22-6-8-4-17(14(21)16-12(8)20)13-11-10(9(5-18)23-13)24-15(2,3)25-11/h4,9-11,13,18H,5-6H2,1-3H3,(H,16,20,21)/t9-,10?,11?,13-/m1/s1. The summed E-state index contributed by atoms with van der Waals surface area (Å²) >= 11 is 0. The number of aromatic nitrogens is 2. The molecule has 10 heteroatoms. The van der Waals surface area contributed by atoms with Crippen LogP contribution >= 0.6 is 0 Å². The van der Waals surface area contributed by atoms with Gasteiger partial charge in [0.1, 0.15) is 24.9 Å². The maximum atomic E-state index is 12.2. The number of carbonyl (C=O) groups excluding carboxylic acids is 1. The Morgan fingerprint density at radius 1 is 1.36 bits per heavy atom. The average Bonchev–Trinajstić information content (AvgIpc) is 2.99. The second-order valence-corrected chi connectivity index (χ2v) is 6.41. The van der Waals surface area contributed by atoms with Crippen molar-refractivity contribution in [3.63, 3.8) is 0 Å². The summed E-state index contributed by atoms with van der Waals surface area (Å²) in [6.45, 7) is 4.07. The van der Waals surface area contributed by atoms with Crippen LogP contribution in [0, 0.1) is 0 Å². The van der Waals surface area contributed by atoms with Gasteiger partial charge < -0.3 is 24.1 Å². The molecular formula is C15H20N2O8. The Morgan fingerprint density at radius 2 is 2.04 bits per heavy atom. The summed E-state index contributed by atoms with van der Waals surface area (Å²) in [5.74, 6) is -1.44. The largest absolute Gasteiger partial charge is 0.461 e. The number of carbonyl (C=O) groups is 1. The van der Waals surface area contributed by atoms with Gasteiger partial charge in [0.25, 0.3) is 5.56 Å². The van der Waals surface area contributed by atoms with Crippen LogP contribution in [-0.4, -0.2) is 51.3 Å². The Kier molecular flexibility index (Phi) is 4.54. The van der Waals surface area contributed by atoms with Gasteiger partial charge in [0.05, 0.1) is 12.2 Å².